The van der Waals surface area contributed by atoms with E-state index < -0.39 is 0 Å². The highest BCUT2D eigenvalue weighted by atomic mass is 15.1. The first-order valence-electron chi connectivity index (χ1n) is 6.78. The van der Waals surface area contributed by atoms with Gasteiger partial charge < -0.3 is 15.6 Å². The van der Waals surface area contributed by atoms with Crippen molar-refractivity contribution < 1.29 is 0 Å². The summed E-state index contributed by atoms with van der Waals surface area (Å²) in [7, 11) is 0. The van der Waals surface area contributed by atoms with Gasteiger partial charge in [0.15, 0.2) is 0 Å². The summed E-state index contributed by atoms with van der Waals surface area (Å²) < 4.78 is 2.24. The lowest BCUT2D eigenvalue weighted by Crippen LogP contribution is -2.37. The number of hydrogen-bond donors (Lipinski definition) is 2. The molecule has 0 radical (unpaired) electrons. The average molecular weight is 236 g/mol. The van der Waals surface area contributed by atoms with Crippen LogP contribution in [0.1, 0.15) is 44.9 Å². The molecule has 1 fully saturated rings. The summed E-state index contributed by atoms with van der Waals surface area (Å²) in [6.45, 7) is 4.14. The minimum absolute atomic E-state index is 0.426. The van der Waals surface area contributed by atoms with E-state index in [9.17, 15) is 0 Å². The third-order valence-electron chi connectivity index (χ3n) is 3.59. The van der Waals surface area contributed by atoms with Gasteiger partial charge in [-0.05, 0) is 32.1 Å². The number of nitrogens with zero attached hydrogens (tertiary/aromatic N) is 2. The Morgan fingerprint density at radius 1 is 1.41 bits per heavy atom. The maximum absolute atomic E-state index is 5.91. The molecule has 0 saturated heterocycles. The van der Waals surface area contributed by atoms with Gasteiger partial charge >= 0.3 is 0 Å². The molecule has 0 atom stereocenters. The molecule has 1 heterocycles. The van der Waals surface area contributed by atoms with E-state index in [1.54, 1.807) is 0 Å². The van der Waals surface area contributed by atoms with Crippen LogP contribution in [0.2, 0.25) is 0 Å². The van der Waals surface area contributed by atoms with Gasteiger partial charge in [0.2, 0.25) is 0 Å². The molecule has 4 heteroatoms. The van der Waals surface area contributed by atoms with Crippen molar-refractivity contribution in [1.29, 1.82) is 0 Å². The van der Waals surface area contributed by atoms with E-state index in [0.29, 0.717) is 12.1 Å². The summed E-state index contributed by atoms with van der Waals surface area (Å²) >= 11 is 0. The number of nitrogens with two attached hydrogens (primary N) is 1. The first kappa shape index (κ1) is 12.6. The molecule has 96 valence electrons. The van der Waals surface area contributed by atoms with Crippen LogP contribution in [0, 0.1) is 0 Å². The first-order valence-corrected chi connectivity index (χ1v) is 6.78. The highest BCUT2D eigenvalue weighted by Gasteiger charge is 2.18. The molecular weight excluding hydrogens is 212 g/mol. The smallest absolute Gasteiger partial charge is 0.122 e. The molecule has 0 unspecified atom stereocenters. The number of rotatable bonds is 5. The van der Waals surface area contributed by atoms with Crippen molar-refractivity contribution in [2.75, 3.05) is 0 Å². The fourth-order valence-electron chi connectivity index (χ4n) is 2.51. The summed E-state index contributed by atoms with van der Waals surface area (Å²) in [6, 6.07) is 1.05. The van der Waals surface area contributed by atoms with Crippen molar-refractivity contribution in [3.8, 4) is 0 Å². The predicted molar refractivity (Wildman–Crippen MR) is 69.6 cm³/mol. The zero-order valence-corrected chi connectivity index (χ0v) is 10.7. The van der Waals surface area contributed by atoms with Gasteiger partial charge in [-0.15, -0.1) is 0 Å². The number of aryl methyl sites for hydroxylation is 1. The Kier molecular flexibility index (Phi) is 4.57. The molecule has 0 bridgehead atoms. The summed E-state index contributed by atoms with van der Waals surface area (Å²) in [4.78, 5) is 4.41. The zero-order valence-electron chi connectivity index (χ0n) is 10.7. The number of imidazole rings is 1. The minimum Gasteiger partial charge on any atom is -0.334 e. The standard InChI is InChI=1S/C13H24N4/c1-2-8-17-9-7-15-13(17)10-16-12-5-3-11(14)4-6-12/h7,9,11-12,16H,2-6,8,10,14H2,1H3. The van der Waals surface area contributed by atoms with Crippen LogP contribution in [0.15, 0.2) is 12.4 Å². The summed E-state index contributed by atoms with van der Waals surface area (Å²) in [5, 5.41) is 3.60. The number of aromatic nitrogens is 2. The maximum Gasteiger partial charge on any atom is 0.122 e. The Morgan fingerprint density at radius 2 is 2.18 bits per heavy atom. The quantitative estimate of drug-likeness (QED) is 0.817. The van der Waals surface area contributed by atoms with Crippen molar-refractivity contribution in [3.63, 3.8) is 0 Å². The van der Waals surface area contributed by atoms with Crippen LogP contribution in [-0.4, -0.2) is 21.6 Å². The third-order valence-corrected chi connectivity index (χ3v) is 3.59. The average Bonchev–Trinajstić information content (AvgIpc) is 2.77. The second-order valence-electron chi connectivity index (χ2n) is 5.03. The van der Waals surface area contributed by atoms with Crippen molar-refractivity contribution in [2.24, 2.45) is 5.73 Å². The Hall–Kier alpha value is -0.870. The molecule has 4 nitrogen and oxygen atoms in total. The molecule has 1 aliphatic rings. The first-order chi connectivity index (χ1) is 8.29. The molecule has 2 rings (SSSR count). The van der Waals surface area contributed by atoms with Crippen LogP contribution in [-0.2, 0) is 13.1 Å². The SMILES string of the molecule is CCCn1ccnc1CNC1CCC(N)CC1. The Labute approximate surface area is 104 Å². The van der Waals surface area contributed by atoms with E-state index in [1.807, 2.05) is 6.20 Å². The molecule has 3 N–H and O–H groups in total. The highest BCUT2D eigenvalue weighted by molar-refractivity contribution is 4.93. The van der Waals surface area contributed by atoms with Crippen LogP contribution in [0.5, 0.6) is 0 Å². The molecule has 0 amide bonds. The van der Waals surface area contributed by atoms with Gasteiger partial charge in [0, 0.05) is 31.0 Å². The molecular formula is C13H24N4. The molecule has 1 aromatic heterocycles. The Morgan fingerprint density at radius 3 is 2.88 bits per heavy atom. The van der Waals surface area contributed by atoms with E-state index in [2.05, 4.69) is 28.0 Å². The van der Waals surface area contributed by atoms with E-state index in [-0.39, 0.29) is 0 Å². The monoisotopic (exact) mass is 236 g/mol. The lowest BCUT2D eigenvalue weighted by atomic mass is 9.92. The highest BCUT2D eigenvalue weighted by Crippen LogP contribution is 2.17. The van der Waals surface area contributed by atoms with Crippen molar-refractivity contribution in [3.05, 3.63) is 18.2 Å². The Balaban J connectivity index is 1.79. The molecule has 1 saturated carbocycles. The lowest BCUT2D eigenvalue weighted by Gasteiger charge is -2.26. The largest absolute Gasteiger partial charge is 0.334 e. The van der Waals surface area contributed by atoms with Gasteiger partial charge in [-0.2, -0.15) is 0 Å². The topological polar surface area (TPSA) is 55.9 Å². The van der Waals surface area contributed by atoms with Gasteiger partial charge in [0.25, 0.3) is 0 Å². The van der Waals surface area contributed by atoms with Crippen molar-refractivity contribution >= 4 is 0 Å². The van der Waals surface area contributed by atoms with Gasteiger partial charge in [0.05, 0.1) is 6.54 Å². The summed E-state index contributed by atoms with van der Waals surface area (Å²) in [5.41, 5.74) is 5.91. The Bertz CT molecular complexity index is 326. The molecule has 1 aliphatic carbocycles. The van der Waals surface area contributed by atoms with Crippen molar-refractivity contribution in [1.82, 2.24) is 14.9 Å². The van der Waals surface area contributed by atoms with E-state index in [4.69, 9.17) is 5.73 Å². The fourth-order valence-corrected chi connectivity index (χ4v) is 2.51. The second-order valence-corrected chi connectivity index (χ2v) is 5.03. The molecule has 1 aromatic rings. The van der Waals surface area contributed by atoms with Crippen LogP contribution in [0.25, 0.3) is 0 Å². The lowest BCUT2D eigenvalue weighted by molar-refractivity contribution is 0.338. The van der Waals surface area contributed by atoms with Crippen LogP contribution in [0.3, 0.4) is 0 Å². The predicted octanol–water partition coefficient (Wildman–Crippen LogP) is 1.65. The van der Waals surface area contributed by atoms with Crippen molar-refractivity contribution in [2.45, 2.75) is 64.2 Å². The zero-order chi connectivity index (χ0) is 12.1. The molecule has 17 heavy (non-hydrogen) atoms. The third kappa shape index (κ3) is 3.54. The molecule has 0 aliphatic heterocycles. The van der Waals surface area contributed by atoms with Crippen LogP contribution >= 0.6 is 0 Å². The van der Waals surface area contributed by atoms with Gasteiger partial charge in [-0.3, -0.25) is 0 Å². The van der Waals surface area contributed by atoms with E-state index in [1.165, 1.54) is 12.8 Å². The van der Waals surface area contributed by atoms with Gasteiger partial charge in [-0.1, -0.05) is 6.92 Å². The molecule has 0 aromatic carbocycles. The van der Waals surface area contributed by atoms with Crippen LogP contribution in [0.4, 0.5) is 0 Å². The minimum atomic E-state index is 0.426. The van der Waals surface area contributed by atoms with Gasteiger partial charge in [0.1, 0.15) is 5.82 Å². The number of nitrogens with one attached hydrogen (secondary N) is 1. The summed E-state index contributed by atoms with van der Waals surface area (Å²) in [6.07, 6.45) is 9.83. The summed E-state index contributed by atoms with van der Waals surface area (Å²) in [5.74, 6) is 1.15. The van der Waals surface area contributed by atoms with Crippen LogP contribution < -0.4 is 11.1 Å². The second kappa shape index (κ2) is 6.17. The number of hydrogen-bond acceptors (Lipinski definition) is 3. The van der Waals surface area contributed by atoms with E-state index >= 15 is 0 Å². The normalized spacial score (nSPS) is 25.1. The van der Waals surface area contributed by atoms with E-state index in [0.717, 1.165) is 38.2 Å². The van der Waals surface area contributed by atoms with Gasteiger partial charge in [-0.25, -0.2) is 4.98 Å². The molecule has 0 spiro atoms. The maximum atomic E-state index is 5.91. The fraction of sp³-hybridized carbons (Fsp3) is 0.769.